The number of H-pyrrole nitrogens is 1. The van der Waals surface area contributed by atoms with Crippen LogP contribution in [0.4, 0.5) is 14.6 Å². The van der Waals surface area contributed by atoms with E-state index in [1.165, 1.54) is 0 Å². The molecule has 12 heteroatoms. The molecule has 35 heavy (non-hydrogen) atoms. The van der Waals surface area contributed by atoms with E-state index in [1.54, 1.807) is 4.68 Å². The number of anilines is 1. The summed E-state index contributed by atoms with van der Waals surface area (Å²) < 4.78 is 29.7. The summed E-state index contributed by atoms with van der Waals surface area (Å²) >= 11 is 6.69. The van der Waals surface area contributed by atoms with Gasteiger partial charge in [-0.25, -0.2) is 18.7 Å². The van der Waals surface area contributed by atoms with Gasteiger partial charge in [0.15, 0.2) is 11.5 Å². The maximum Gasteiger partial charge on any atom is 0.250 e. The van der Waals surface area contributed by atoms with Crippen molar-refractivity contribution in [3.63, 3.8) is 0 Å². The Morgan fingerprint density at radius 2 is 2.03 bits per heavy atom. The first-order chi connectivity index (χ1) is 16.7. The van der Waals surface area contributed by atoms with Crippen LogP contribution in [0.15, 0.2) is 18.3 Å². The van der Waals surface area contributed by atoms with Gasteiger partial charge >= 0.3 is 0 Å². The fourth-order valence-electron chi connectivity index (χ4n) is 5.74. The smallest absolute Gasteiger partial charge is 0.250 e. The Bertz CT molecular complexity index is 1440. The number of aromatic amines is 1. The summed E-state index contributed by atoms with van der Waals surface area (Å²) in [6.45, 7) is 0.709. The largest absolute Gasteiger partial charge is 0.390 e. The highest BCUT2D eigenvalue weighted by Gasteiger charge is 2.55. The van der Waals surface area contributed by atoms with E-state index in [2.05, 4.69) is 20.3 Å². The van der Waals surface area contributed by atoms with Crippen LogP contribution in [0.5, 0.6) is 0 Å². The molecule has 1 saturated carbocycles. The molecule has 184 valence electrons. The molecule has 9 nitrogen and oxygen atoms in total. The number of alkyl halides is 2. The molecule has 1 aliphatic heterocycles. The van der Waals surface area contributed by atoms with Gasteiger partial charge in [-0.05, 0) is 30.4 Å². The van der Waals surface area contributed by atoms with Gasteiger partial charge in [0.25, 0.3) is 0 Å². The lowest BCUT2D eigenvalue weighted by atomic mass is 9.74. The minimum absolute atomic E-state index is 0.168. The maximum atomic E-state index is 14.0. The molecule has 1 aliphatic carbocycles. The molecule has 4 heterocycles. The quantitative estimate of drug-likeness (QED) is 0.392. The summed E-state index contributed by atoms with van der Waals surface area (Å²) in [4.78, 5) is 11.4. The van der Waals surface area contributed by atoms with Crippen LogP contribution in [-0.4, -0.2) is 60.1 Å². The molecule has 1 saturated heterocycles. The third-order valence-corrected chi connectivity index (χ3v) is 7.97. The number of hydrogen-bond acceptors (Lipinski definition) is 7. The Kier molecular flexibility index (Phi) is 5.03. The molecule has 3 aromatic heterocycles. The molecule has 1 atom stereocenters. The average Bonchev–Trinajstić information content (AvgIpc) is 3.47. The lowest BCUT2D eigenvalue weighted by Crippen LogP contribution is -2.47. The van der Waals surface area contributed by atoms with Gasteiger partial charge in [-0.3, -0.25) is 9.78 Å². The zero-order chi connectivity index (χ0) is 24.5. The van der Waals surface area contributed by atoms with Crippen LogP contribution in [-0.2, 0) is 13.7 Å². The summed E-state index contributed by atoms with van der Waals surface area (Å²) in [5.74, 6) is -2.18. The molecule has 0 bridgehead atoms. The van der Waals surface area contributed by atoms with E-state index >= 15 is 0 Å². The van der Waals surface area contributed by atoms with Crippen molar-refractivity contribution < 1.29 is 13.9 Å². The van der Waals surface area contributed by atoms with E-state index in [4.69, 9.17) is 22.3 Å². The van der Waals surface area contributed by atoms with Gasteiger partial charge in [0, 0.05) is 56.2 Å². The first-order valence-corrected chi connectivity index (χ1v) is 11.9. The molecule has 0 radical (unpaired) electrons. The predicted octanol–water partition coefficient (Wildman–Crippen LogP) is 3.40. The highest BCUT2D eigenvalue weighted by atomic mass is 35.5. The number of nitrogens with one attached hydrogen (secondary N) is 1. The standard InChI is InChI=1S/C23H25ClF2N8O/c1-33-9-13-14(32-33)3-2-12(17(13)24)18-19-20(31-30-18)29-21(15(10-35)28-19)34-6-4-22(5-7-34)11-23(25,26)8-16(22)27/h2-3,9,16,35H,4-8,10-11,27H2,1H3,(H,29,30,31)/t16-/m1/s1. The minimum atomic E-state index is -2.71. The third-order valence-electron chi connectivity index (χ3n) is 7.56. The number of aliphatic hydroxyl groups excluding tert-OH is 1. The van der Waals surface area contributed by atoms with Crippen molar-refractivity contribution in [1.29, 1.82) is 0 Å². The monoisotopic (exact) mass is 502 g/mol. The highest BCUT2D eigenvalue weighted by molar-refractivity contribution is 6.38. The van der Waals surface area contributed by atoms with Crippen LogP contribution in [0.3, 0.4) is 0 Å². The van der Waals surface area contributed by atoms with Crippen LogP contribution in [0, 0.1) is 5.41 Å². The third kappa shape index (κ3) is 3.56. The number of hydrogen-bond donors (Lipinski definition) is 3. The van der Waals surface area contributed by atoms with E-state index in [-0.39, 0.29) is 19.4 Å². The number of fused-ring (bicyclic) bond motifs is 2. The lowest BCUT2D eigenvalue weighted by molar-refractivity contribution is -0.00684. The molecule has 6 rings (SSSR count). The van der Waals surface area contributed by atoms with Gasteiger partial charge in [0.2, 0.25) is 5.92 Å². The Morgan fingerprint density at radius 3 is 2.71 bits per heavy atom. The molecule has 2 fully saturated rings. The number of piperidine rings is 1. The maximum absolute atomic E-state index is 14.0. The summed E-state index contributed by atoms with van der Waals surface area (Å²) in [6, 6.07) is 3.20. The molecular weight excluding hydrogens is 478 g/mol. The number of halogens is 3. The minimum Gasteiger partial charge on any atom is -0.390 e. The van der Waals surface area contributed by atoms with Crippen molar-refractivity contribution >= 4 is 39.5 Å². The van der Waals surface area contributed by atoms with Gasteiger partial charge in [-0.1, -0.05) is 11.6 Å². The van der Waals surface area contributed by atoms with Crippen LogP contribution < -0.4 is 10.6 Å². The van der Waals surface area contributed by atoms with Crippen molar-refractivity contribution in [1.82, 2.24) is 29.9 Å². The first kappa shape index (κ1) is 22.6. The van der Waals surface area contributed by atoms with Crippen molar-refractivity contribution in [2.24, 2.45) is 18.2 Å². The SMILES string of the molecule is Cn1cc2c(Cl)c(-c3n[nH]c4nc(N5CCC6(CC5)CC(F)(F)C[C@H]6N)c(CO)nc34)ccc2n1. The summed E-state index contributed by atoms with van der Waals surface area (Å²) in [5.41, 5.74) is 8.92. The Labute approximate surface area is 204 Å². The average molecular weight is 503 g/mol. The van der Waals surface area contributed by atoms with Gasteiger partial charge in [0.1, 0.15) is 16.9 Å². The Morgan fingerprint density at radius 1 is 1.26 bits per heavy atom. The highest BCUT2D eigenvalue weighted by Crippen LogP contribution is 2.52. The molecule has 0 unspecified atom stereocenters. The van der Waals surface area contributed by atoms with Crippen molar-refractivity contribution in [3.8, 4) is 11.3 Å². The molecule has 1 aromatic carbocycles. The molecule has 4 aromatic rings. The normalized spacial score (nSPS) is 21.5. The summed E-state index contributed by atoms with van der Waals surface area (Å²) in [6.07, 6.45) is 2.50. The van der Waals surface area contributed by atoms with Gasteiger partial charge in [-0.2, -0.15) is 10.2 Å². The molecule has 1 spiro atoms. The lowest BCUT2D eigenvalue weighted by Gasteiger charge is -2.42. The predicted molar refractivity (Wildman–Crippen MR) is 128 cm³/mol. The number of aryl methyl sites for hydroxylation is 1. The van der Waals surface area contributed by atoms with E-state index in [9.17, 15) is 13.9 Å². The summed E-state index contributed by atoms with van der Waals surface area (Å²) in [5, 5.41) is 23.1. The Balaban J connectivity index is 1.34. The number of aliphatic hydroxyl groups is 1. The summed E-state index contributed by atoms with van der Waals surface area (Å²) in [7, 11) is 1.83. The van der Waals surface area contributed by atoms with Crippen molar-refractivity contribution in [2.75, 3.05) is 18.0 Å². The van der Waals surface area contributed by atoms with Crippen LogP contribution in [0.1, 0.15) is 31.4 Å². The van der Waals surface area contributed by atoms with Gasteiger partial charge in [0.05, 0.1) is 17.1 Å². The molecule has 4 N–H and O–H groups in total. The van der Waals surface area contributed by atoms with Crippen LogP contribution in [0.2, 0.25) is 5.02 Å². The van der Waals surface area contributed by atoms with Crippen molar-refractivity contribution in [2.45, 2.75) is 44.3 Å². The molecular formula is C23H25ClF2N8O. The van der Waals surface area contributed by atoms with E-state index in [0.29, 0.717) is 64.9 Å². The number of benzene rings is 1. The molecule has 0 amide bonds. The number of rotatable bonds is 3. The van der Waals surface area contributed by atoms with E-state index in [1.807, 2.05) is 30.3 Å². The number of aromatic nitrogens is 6. The van der Waals surface area contributed by atoms with Gasteiger partial charge in [-0.15, -0.1) is 0 Å². The zero-order valence-electron chi connectivity index (χ0n) is 19.1. The number of nitrogens with two attached hydrogens (primary N) is 1. The second-order valence-corrected chi connectivity index (χ2v) is 10.2. The topological polar surface area (TPSA) is 122 Å². The van der Waals surface area contributed by atoms with Crippen molar-refractivity contribution in [3.05, 3.63) is 29.0 Å². The number of nitrogens with zero attached hydrogens (tertiary/aromatic N) is 6. The second kappa shape index (κ2) is 7.81. The van der Waals surface area contributed by atoms with Gasteiger partial charge < -0.3 is 15.7 Å². The zero-order valence-corrected chi connectivity index (χ0v) is 19.9. The fourth-order valence-corrected chi connectivity index (χ4v) is 6.04. The second-order valence-electron chi connectivity index (χ2n) is 9.78. The van der Waals surface area contributed by atoms with Crippen LogP contribution in [0.25, 0.3) is 33.3 Å². The fraction of sp³-hybridized carbons (Fsp3) is 0.478. The van der Waals surface area contributed by atoms with Crippen LogP contribution >= 0.6 is 11.6 Å². The van der Waals surface area contributed by atoms with E-state index in [0.717, 1.165) is 10.9 Å². The van der Waals surface area contributed by atoms with E-state index < -0.39 is 17.4 Å². The first-order valence-electron chi connectivity index (χ1n) is 11.6. The molecule has 2 aliphatic rings. The Hall–Kier alpha value is -2.89.